The highest BCUT2D eigenvalue weighted by Gasteiger charge is 2.23. The van der Waals surface area contributed by atoms with Crippen molar-refractivity contribution >= 4 is 5.91 Å². The van der Waals surface area contributed by atoms with Gasteiger partial charge in [-0.15, -0.1) is 0 Å². The molecule has 0 saturated carbocycles. The highest BCUT2D eigenvalue weighted by Crippen LogP contribution is 2.22. The molecule has 1 saturated heterocycles. The van der Waals surface area contributed by atoms with Crippen LogP contribution in [-0.2, 0) is 11.3 Å². The van der Waals surface area contributed by atoms with Crippen molar-refractivity contribution in [1.82, 2.24) is 4.90 Å². The Kier molecular flexibility index (Phi) is 5.44. The van der Waals surface area contributed by atoms with Crippen LogP contribution in [0.5, 0.6) is 5.75 Å². The third kappa shape index (κ3) is 3.62. The first kappa shape index (κ1) is 14.8. The molecule has 100 valence electrons. The van der Waals surface area contributed by atoms with Gasteiger partial charge in [0.05, 0.1) is 0 Å². The molecule has 0 radical (unpaired) electrons. The molecule has 1 aromatic rings. The third-order valence-corrected chi connectivity index (χ3v) is 3.38. The summed E-state index contributed by atoms with van der Waals surface area (Å²) in [6.45, 7) is 2.46. The van der Waals surface area contributed by atoms with Crippen molar-refractivity contribution in [2.45, 2.75) is 19.4 Å². The molecule has 0 atom stereocenters. The number of phenolic OH excluding ortho intramolecular Hbond substituents is 1. The fourth-order valence-electron chi connectivity index (χ4n) is 2.26. The molecule has 1 fully saturated rings. The number of benzene rings is 1. The predicted octanol–water partition coefficient (Wildman–Crippen LogP) is -1.91. The van der Waals surface area contributed by atoms with Crippen molar-refractivity contribution in [2.24, 2.45) is 11.7 Å². The number of primary amides is 1. The number of carbonyl (C=O) groups excluding carboxylic acids is 1. The van der Waals surface area contributed by atoms with Crippen LogP contribution in [0.1, 0.15) is 18.4 Å². The molecule has 5 heteroatoms. The molecule has 1 heterocycles. The van der Waals surface area contributed by atoms with E-state index in [-0.39, 0.29) is 24.2 Å². The van der Waals surface area contributed by atoms with Gasteiger partial charge in [-0.05, 0) is 32.0 Å². The van der Waals surface area contributed by atoms with Gasteiger partial charge in [0.1, 0.15) is 5.75 Å². The Morgan fingerprint density at radius 3 is 2.50 bits per heavy atom. The maximum atomic E-state index is 11.0. The Bertz CT molecular complexity index is 404. The van der Waals surface area contributed by atoms with E-state index in [1.807, 2.05) is 18.2 Å². The average Bonchev–Trinajstić information content (AvgIpc) is 2.33. The van der Waals surface area contributed by atoms with Gasteiger partial charge in [0.15, 0.2) is 0 Å². The van der Waals surface area contributed by atoms with E-state index in [0.29, 0.717) is 5.75 Å². The van der Waals surface area contributed by atoms with E-state index in [1.54, 1.807) is 6.07 Å². The van der Waals surface area contributed by atoms with E-state index in [2.05, 4.69) is 4.90 Å². The quantitative estimate of drug-likeness (QED) is 0.673. The summed E-state index contributed by atoms with van der Waals surface area (Å²) < 4.78 is 0. The lowest BCUT2D eigenvalue weighted by molar-refractivity contribution is -0.123. The number of hydrogen-bond donors (Lipinski definition) is 2. The topological polar surface area (TPSA) is 66.6 Å². The van der Waals surface area contributed by atoms with Gasteiger partial charge < -0.3 is 23.2 Å². The molecule has 18 heavy (non-hydrogen) atoms. The van der Waals surface area contributed by atoms with Crippen LogP contribution in [0.15, 0.2) is 24.3 Å². The molecule has 0 spiro atoms. The van der Waals surface area contributed by atoms with Gasteiger partial charge in [0, 0.05) is 18.0 Å². The van der Waals surface area contributed by atoms with E-state index in [4.69, 9.17) is 5.73 Å². The first-order valence-corrected chi connectivity index (χ1v) is 5.95. The number of carbonyl (C=O) groups is 1. The minimum absolute atomic E-state index is 0. The monoisotopic (exact) mass is 269 g/mol. The molecule has 1 aliphatic heterocycles. The van der Waals surface area contributed by atoms with Crippen LogP contribution in [0, 0.1) is 5.92 Å². The molecule has 4 nitrogen and oxygen atoms in total. The number of rotatable bonds is 3. The van der Waals surface area contributed by atoms with Gasteiger partial charge in [0.25, 0.3) is 0 Å². The zero-order valence-electron chi connectivity index (χ0n) is 10.2. The zero-order valence-corrected chi connectivity index (χ0v) is 10.9. The van der Waals surface area contributed by atoms with Crippen molar-refractivity contribution in [1.29, 1.82) is 0 Å². The van der Waals surface area contributed by atoms with Crippen molar-refractivity contribution in [3.8, 4) is 5.75 Å². The van der Waals surface area contributed by atoms with Crippen LogP contribution >= 0.6 is 0 Å². The number of piperidine rings is 1. The van der Waals surface area contributed by atoms with E-state index in [9.17, 15) is 9.90 Å². The summed E-state index contributed by atoms with van der Waals surface area (Å²) in [4.78, 5) is 13.3. The Morgan fingerprint density at radius 1 is 1.33 bits per heavy atom. The van der Waals surface area contributed by atoms with Crippen LogP contribution in [0.3, 0.4) is 0 Å². The van der Waals surface area contributed by atoms with E-state index < -0.39 is 0 Å². The number of aromatic hydroxyl groups is 1. The van der Waals surface area contributed by atoms with Crippen LogP contribution in [-0.4, -0.2) is 29.0 Å². The van der Waals surface area contributed by atoms with E-state index >= 15 is 0 Å². The number of amides is 1. The number of phenols is 1. The lowest BCUT2D eigenvalue weighted by Crippen LogP contribution is -3.00. The smallest absolute Gasteiger partial charge is 0.220 e. The molecular formula is C13H18ClN2O2-. The minimum atomic E-state index is -0.188. The first-order chi connectivity index (χ1) is 8.16. The van der Waals surface area contributed by atoms with Gasteiger partial charge in [-0.3, -0.25) is 9.69 Å². The summed E-state index contributed by atoms with van der Waals surface area (Å²) in [5, 5.41) is 9.68. The second-order valence-corrected chi connectivity index (χ2v) is 4.58. The zero-order chi connectivity index (χ0) is 12.3. The van der Waals surface area contributed by atoms with Gasteiger partial charge in [-0.1, -0.05) is 18.2 Å². The molecule has 3 N–H and O–H groups in total. The summed E-state index contributed by atoms with van der Waals surface area (Å²) in [6.07, 6.45) is 1.64. The molecule has 0 bridgehead atoms. The molecular weight excluding hydrogens is 252 g/mol. The summed E-state index contributed by atoms with van der Waals surface area (Å²) in [7, 11) is 0. The standard InChI is InChI=1S/C13H18N2O2.ClH/c14-13(17)10-5-7-15(8-6-10)9-11-3-1-2-4-12(11)16;/h1-4,10,16H,5-9H2,(H2,14,17);1H/p-1. The Balaban J connectivity index is 0.00000162. The van der Waals surface area contributed by atoms with Crippen molar-refractivity contribution in [3.63, 3.8) is 0 Å². The van der Waals surface area contributed by atoms with Crippen LogP contribution < -0.4 is 18.1 Å². The molecule has 0 unspecified atom stereocenters. The largest absolute Gasteiger partial charge is 1.00 e. The fourth-order valence-corrected chi connectivity index (χ4v) is 2.26. The van der Waals surface area contributed by atoms with Gasteiger partial charge in [-0.2, -0.15) is 0 Å². The average molecular weight is 270 g/mol. The van der Waals surface area contributed by atoms with E-state index in [1.165, 1.54) is 0 Å². The SMILES string of the molecule is NC(=O)C1CCN(Cc2ccccc2O)CC1.[Cl-]. The lowest BCUT2D eigenvalue weighted by atomic mass is 9.96. The number of hydrogen-bond acceptors (Lipinski definition) is 3. The number of likely N-dealkylation sites (tertiary alicyclic amines) is 1. The van der Waals surface area contributed by atoms with Gasteiger partial charge in [-0.25, -0.2) is 0 Å². The van der Waals surface area contributed by atoms with Crippen LogP contribution in [0.25, 0.3) is 0 Å². The third-order valence-electron chi connectivity index (χ3n) is 3.38. The second-order valence-electron chi connectivity index (χ2n) is 4.58. The maximum absolute atomic E-state index is 11.0. The van der Waals surface area contributed by atoms with Crippen molar-refractivity contribution in [2.75, 3.05) is 13.1 Å². The Morgan fingerprint density at radius 2 is 1.94 bits per heavy atom. The normalized spacial score (nSPS) is 17.1. The Labute approximate surface area is 113 Å². The van der Waals surface area contributed by atoms with Crippen molar-refractivity contribution in [3.05, 3.63) is 29.8 Å². The lowest BCUT2D eigenvalue weighted by Gasteiger charge is -2.30. The second kappa shape index (κ2) is 6.61. The highest BCUT2D eigenvalue weighted by atomic mass is 35.5. The predicted molar refractivity (Wildman–Crippen MR) is 65.3 cm³/mol. The van der Waals surface area contributed by atoms with Gasteiger partial charge in [0.2, 0.25) is 5.91 Å². The molecule has 2 rings (SSSR count). The van der Waals surface area contributed by atoms with Gasteiger partial charge >= 0.3 is 0 Å². The summed E-state index contributed by atoms with van der Waals surface area (Å²) in [5.41, 5.74) is 6.23. The maximum Gasteiger partial charge on any atom is 0.220 e. The minimum Gasteiger partial charge on any atom is -1.00 e. The summed E-state index contributed by atoms with van der Waals surface area (Å²) in [6, 6.07) is 7.37. The highest BCUT2D eigenvalue weighted by molar-refractivity contribution is 5.76. The molecule has 1 amide bonds. The molecule has 1 aromatic carbocycles. The van der Waals surface area contributed by atoms with E-state index in [0.717, 1.165) is 38.0 Å². The molecule has 0 aromatic heterocycles. The van der Waals surface area contributed by atoms with Crippen LogP contribution in [0.2, 0.25) is 0 Å². The number of nitrogens with two attached hydrogens (primary N) is 1. The molecule has 0 aliphatic carbocycles. The Hall–Kier alpha value is -1.26. The summed E-state index contributed by atoms with van der Waals surface area (Å²) >= 11 is 0. The van der Waals surface area contributed by atoms with Crippen LogP contribution in [0.4, 0.5) is 0 Å². The fraction of sp³-hybridized carbons (Fsp3) is 0.462. The van der Waals surface area contributed by atoms with Crippen molar-refractivity contribution < 1.29 is 22.3 Å². The number of para-hydroxylation sites is 1. The molecule has 1 aliphatic rings. The summed E-state index contributed by atoms with van der Waals surface area (Å²) in [5.74, 6) is 0.173. The number of nitrogens with zero attached hydrogens (tertiary/aromatic N) is 1. The number of halogens is 1. The first-order valence-electron chi connectivity index (χ1n) is 5.95.